The predicted octanol–water partition coefficient (Wildman–Crippen LogP) is 6.04. The lowest BCUT2D eigenvalue weighted by Crippen LogP contribution is -2.35. The molecule has 0 N–H and O–H groups in total. The van der Waals surface area contributed by atoms with Crippen LogP contribution >= 0.6 is 22.9 Å². The highest BCUT2D eigenvalue weighted by Crippen LogP contribution is 2.49. The van der Waals surface area contributed by atoms with E-state index >= 15 is 4.39 Å². The quantitative estimate of drug-likeness (QED) is 0.321. The number of halogens is 5. The van der Waals surface area contributed by atoms with E-state index in [1.165, 1.54) is 35.6 Å². The molecule has 33 heavy (non-hydrogen) atoms. The van der Waals surface area contributed by atoms with Crippen molar-refractivity contribution >= 4 is 34.3 Å². The number of benzene rings is 1. The fraction of sp³-hybridized carbons (Fsp3) is 0.227. The Morgan fingerprint density at radius 1 is 1.30 bits per heavy atom. The number of allylic oxidation sites excluding steroid dienone is 1. The molecule has 1 fully saturated rings. The van der Waals surface area contributed by atoms with Gasteiger partial charge in [-0.05, 0) is 18.2 Å². The second-order valence-electron chi connectivity index (χ2n) is 7.68. The third kappa shape index (κ3) is 3.76. The van der Waals surface area contributed by atoms with Gasteiger partial charge in [0.05, 0.1) is 12.2 Å². The second-order valence-corrected chi connectivity index (χ2v) is 8.98. The van der Waals surface area contributed by atoms with E-state index in [2.05, 4.69) is 16.7 Å². The average Bonchev–Trinajstić information content (AvgIpc) is 3.52. The normalized spacial score (nSPS) is 22.7. The summed E-state index contributed by atoms with van der Waals surface area (Å²) in [7, 11) is 0. The summed E-state index contributed by atoms with van der Waals surface area (Å²) in [5.41, 5.74) is -0.190. The summed E-state index contributed by atoms with van der Waals surface area (Å²) in [5, 5.41) is 6.45. The van der Waals surface area contributed by atoms with Crippen LogP contribution in [0.4, 0.5) is 17.6 Å². The molecule has 1 unspecified atom stereocenters. The minimum Gasteiger partial charge on any atom is -0.324 e. The molecule has 170 valence electrons. The van der Waals surface area contributed by atoms with Crippen molar-refractivity contribution in [2.45, 2.75) is 24.7 Å². The molecular formula is C22H16ClF4N5S. The van der Waals surface area contributed by atoms with E-state index in [1.54, 1.807) is 16.5 Å². The van der Waals surface area contributed by atoms with Gasteiger partial charge in [-0.15, -0.1) is 11.3 Å². The molecule has 0 amide bonds. The highest BCUT2D eigenvalue weighted by molar-refractivity contribution is 7.11. The first-order valence-electron chi connectivity index (χ1n) is 9.89. The average molecular weight is 494 g/mol. The van der Waals surface area contributed by atoms with Gasteiger partial charge >= 0.3 is 6.55 Å². The van der Waals surface area contributed by atoms with E-state index in [9.17, 15) is 13.2 Å². The summed E-state index contributed by atoms with van der Waals surface area (Å²) in [6.45, 7) is 0.721. The number of alkyl halides is 3. The standard InChI is InChI=1S/C22H16ClF4N5S/c1-2-22(27)10-16-17(15-5-7-32(30-15)21(25)26)18(13-4-3-12(24)9-14(13)23)29-19(31(16)11-22)20-28-6-8-33-20/h2-9,18,21H,1,10-11H2/t18-,22?/m0/s1. The van der Waals surface area contributed by atoms with Gasteiger partial charge in [-0.3, -0.25) is 4.99 Å². The van der Waals surface area contributed by atoms with Crippen molar-refractivity contribution < 1.29 is 17.6 Å². The largest absolute Gasteiger partial charge is 0.333 e. The van der Waals surface area contributed by atoms with Crippen molar-refractivity contribution in [3.05, 3.63) is 87.5 Å². The van der Waals surface area contributed by atoms with Crippen molar-refractivity contribution in [3.63, 3.8) is 0 Å². The summed E-state index contributed by atoms with van der Waals surface area (Å²) in [5.74, 6) is -0.111. The van der Waals surface area contributed by atoms with Crippen LogP contribution < -0.4 is 0 Å². The first-order chi connectivity index (χ1) is 15.8. The fourth-order valence-electron chi connectivity index (χ4n) is 4.11. The number of amidine groups is 1. The topological polar surface area (TPSA) is 46.3 Å². The first kappa shape index (κ1) is 21.8. The lowest BCUT2D eigenvalue weighted by atomic mass is 9.91. The van der Waals surface area contributed by atoms with Gasteiger partial charge in [0.15, 0.2) is 16.5 Å². The number of hydrogen-bond acceptors (Lipinski definition) is 5. The molecule has 5 nitrogen and oxygen atoms in total. The van der Waals surface area contributed by atoms with Gasteiger partial charge in [0.2, 0.25) is 0 Å². The molecule has 0 saturated carbocycles. The summed E-state index contributed by atoms with van der Waals surface area (Å²) >= 11 is 7.70. The molecular weight excluding hydrogens is 478 g/mol. The zero-order valence-corrected chi connectivity index (χ0v) is 18.5. The molecule has 0 spiro atoms. The maximum absolute atomic E-state index is 15.6. The Morgan fingerprint density at radius 3 is 2.76 bits per heavy atom. The molecule has 2 aromatic heterocycles. The van der Waals surface area contributed by atoms with Gasteiger partial charge in [0, 0.05) is 46.1 Å². The minimum atomic E-state index is -2.84. The van der Waals surface area contributed by atoms with Gasteiger partial charge in [-0.25, -0.2) is 18.4 Å². The van der Waals surface area contributed by atoms with Gasteiger partial charge < -0.3 is 4.90 Å². The lowest BCUT2D eigenvalue weighted by Gasteiger charge is -2.32. The van der Waals surface area contributed by atoms with Gasteiger partial charge in [0.25, 0.3) is 0 Å². The molecule has 1 aromatic carbocycles. The van der Waals surface area contributed by atoms with Gasteiger partial charge in [0.1, 0.15) is 11.9 Å². The molecule has 0 aliphatic carbocycles. The van der Waals surface area contributed by atoms with Crippen LogP contribution in [0.3, 0.4) is 0 Å². The Labute approximate surface area is 195 Å². The summed E-state index contributed by atoms with van der Waals surface area (Å²) in [6, 6.07) is 4.46. The van der Waals surface area contributed by atoms with Crippen LogP contribution in [-0.4, -0.2) is 37.7 Å². The number of rotatable bonds is 5. The highest BCUT2D eigenvalue weighted by atomic mass is 35.5. The van der Waals surface area contributed by atoms with E-state index in [1.807, 2.05) is 0 Å². The maximum Gasteiger partial charge on any atom is 0.333 e. The Balaban J connectivity index is 1.76. The molecule has 0 bridgehead atoms. The number of aliphatic imine (C=N–C) groups is 1. The Morgan fingerprint density at radius 2 is 2.12 bits per heavy atom. The summed E-state index contributed by atoms with van der Waals surface area (Å²) < 4.78 is 56.4. The molecule has 11 heteroatoms. The van der Waals surface area contributed by atoms with Crippen LogP contribution in [0.25, 0.3) is 5.57 Å². The molecule has 2 atom stereocenters. The molecule has 2 aliphatic rings. The fourth-order valence-corrected chi connectivity index (χ4v) is 5.02. The number of fused-ring (bicyclic) bond motifs is 1. The molecule has 0 radical (unpaired) electrons. The van der Waals surface area contributed by atoms with Crippen LogP contribution in [0.5, 0.6) is 0 Å². The number of hydrogen-bond donors (Lipinski definition) is 0. The van der Waals surface area contributed by atoms with E-state index in [4.69, 9.17) is 16.6 Å². The molecule has 4 heterocycles. The Bertz CT molecular complexity index is 1290. The highest BCUT2D eigenvalue weighted by Gasteiger charge is 2.47. The van der Waals surface area contributed by atoms with E-state index < -0.39 is 24.1 Å². The van der Waals surface area contributed by atoms with E-state index in [-0.39, 0.29) is 23.7 Å². The maximum atomic E-state index is 15.6. The third-order valence-electron chi connectivity index (χ3n) is 5.63. The zero-order chi connectivity index (χ0) is 23.3. The summed E-state index contributed by atoms with van der Waals surface area (Å²) in [4.78, 5) is 10.8. The Kier molecular flexibility index (Phi) is 5.37. The van der Waals surface area contributed by atoms with Crippen LogP contribution in [0.1, 0.15) is 35.3 Å². The molecule has 1 saturated heterocycles. The third-order valence-corrected chi connectivity index (χ3v) is 6.73. The van der Waals surface area contributed by atoms with Crippen molar-refractivity contribution in [2.75, 3.05) is 6.54 Å². The molecule has 3 aromatic rings. The van der Waals surface area contributed by atoms with Crippen LogP contribution in [0, 0.1) is 5.82 Å². The van der Waals surface area contributed by atoms with Crippen molar-refractivity contribution in [3.8, 4) is 0 Å². The number of nitrogens with zero attached hydrogens (tertiary/aromatic N) is 5. The Hall–Kier alpha value is -2.98. The predicted molar refractivity (Wildman–Crippen MR) is 119 cm³/mol. The van der Waals surface area contributed by atoms with Crippen molar-refractivity contribution in [2.24, 2.45) is 4.99 Å². The van der Waals surface area contributed by atoms with E-state index in [0.29, 0.717) is 32.4 Å². The SMILES string of the molecule is C=CC1(F)CC2=C(c3ccn(C(F)F)n3)[C@H](c3ccc(F)cc3Cl)N=C(c3nccs3)N2C1. The first-order valence-corrected chi connectivity index (χ1v) is 11.1. The van der Waals surface area contributed by atoms with Crippen molar-refractivity contribution in [1.29, 1.82) is 0 Å². The zero-order valence-electron chi connectivity index (χ0n) is 16.9. The van der Waals surface area contributed by atoms with Crippen LogP contribution in [0.2, 0.25) is 5.02 Å². The van der Waals surface area contributed by atoms with E-state index in [0.717, 1.165) is 12.3 Å². The molecule has 5 rings (SSSR count). The monoisotopic (exact) mass is 493 g/mol. The number of thiazole rings is 1. The summed E-state index contributed by atoms with van der Waals surface area (Å²) in [6.07, 6.45) is 3.92. The van der Waals surface area contributed by atoms with Crippen molar-refractivity contribution in [1.82, 2.24) is 19.7 Å². The second kappa shape index (κ2) is 8.11. The van der Waals surface area contributed by atoms with Crippen LogP contribution in [-0.2, 0) is 0 Å². The van der Waals surface area contributed by atoms with Crippen LogP contribution in [0.15, 0.2) is 65.4 Å². The lowest BCUT2D eigenvalue weighted by molar-refractivity contribution is 0.0564. The smallest absolute Gasteiger partial charge is 0.324 e. The molecule has 2 aliphatic heterocycles. The minimum absolute atomic E-state index is 0.0623. The van der Waals surface area contributed by atoms with Gasteiger partial charge in [-0.1, -0.05) is 30.3 Å². The number of aromatic nitrogens is 3. The van der Waals surface area contributed by atoms with Gasteiger partial charge in [-0.2, -0.15) is 13.9 Å².